The summed E-state index contributed by atoms with van der Waals surface area (Å²) < 4.78 is 31.9. The first-order valence-corrected chi connectivity index (χ1v) is 9.65. The zero-order chi connectivity index (χ0) is 20.6. The van der Waals surface area contributed by atoms with Crippen LogP contribution in [0.3, 0.4) is 0 Å². The Balaban J connectivity index is 2.24. The van der Waals surface area contributed by atoms with Gasteiger partial charge in [0, 0.05) is 5.39 Å². The number of azo groups is 1. The molecule has 3 aromatic carbocycles. The smallest absolute Gasteiger partial charge is 0.339 e. The highest BCUT2D eigenvalue weighted by Crippen LogP contribution is 2.41. The van der Waals surface area contributed by atoms with Gasteiger partial charge < -0.3 is 10.2 Å². The van der Waals surface area contributed by atoms with Crippen LogP contribution in [0.15, 0.2) is 57.6 Å². The Morgan fingerprint density at radius 1 is 1.04 bits per heavy atom. The van der Waals surface area contributed by atoms with E-state index in [4.69, 9.17) is 23.2 Å². The highest BCUT2D eigenvalue weighted by Gasteiger charge is 2.19. The summed E-state index contributed by atoms with van der Waals surface area (Å²) in [4.78, 5) is 10.8. The Bertz CT molecular complexity index is 1260. The maximum Gasteiger partial charge on any atom is 0.339 e. The lowest BCUT2D eigenvalue weighted by Crippen LogP contribution is -1.98. The van der Waals surface area contributed by atoms with Crippen LogP contribution in [0.4, 0.5) is 11.4 Å². The van der Waals surface area contributed by atoms with Gasteiger partial charge >= 0.3 is 5.97 Å². The molecule has 3 rings (SSSR count). The molecule has 0 aliphatic heterocycles. The first-order valence-electron chi connectivity index (χ1n) is 7.46. The number of aromatic carboxylic acids is 1. The second-order valence-electron chi connectivity index (χ2n) is 5.56. The molecule has 0 atom stereocenters. The molecule has 28 heavy (non-hydrogen) atoms. The first-order chi connectivity index (χ1) is 13.1. The molecule has 0 aliphatic carbocycles. The number of carboxylic acids is 1. The number of rotatable bonds is 4. The van der Waals surface area contributed by atoms with Gasteiger partial charge in [-0.2, -0.15) is 8.42 Å². The molecule has 0 heterocycles. The number of phenols is 1. The largest absolute Gasteiger partial charge is 0.505 e. The lowest BCUT2D eigenvalue weighted by atomic mass is 10.0. The average molecular weight is 441 g/mol. The van der Waals surface area contributed by atoms with E-state index in [2.05, 4.69) is 10.2 Å². The van der Waals surface area contributed by atoms with Crippen LogP contribution in [0.25, 0.3) is 10.8 Å². The minimum Gasteiger partial charge on any atom is -0.505 e. The van der Waals surface area contributed by atoms with Crippen LogP contribution >= 0.6 is 23.2 Å². The summed E-state index contributed by atoms with van der Waals surface area (Å²) in [5, 5.41) is 27.8. The minimum absolute atomic E-state index is 0.143. The standard InChI is InChI=1S/C17H10Cl2N2O6S/c18-12-6-9(28(25,26)27)7-13(14(12)19)20-21-15-10-4-2-1-3-8(10)5-11(16(15)22)17(23)24/h1-7,22H,(H,23,24)(H,25,26,27). The normalized spacial score (nSPS) is 12.0. The van der Waals surface area contributed by atoms with Gasteiger partial charge in [0.05, 0.1) is 14.9 Å². The Kier molecular flexibility index (Phi) is 5.26. The van der Waals surface area contributed by atoms with E-state index in [0.29, 0.717) is 10.8 Å². The lowest BCUT2D eigenvalue weighted by molar-refractivity contribution is 0.0694. The van der Waals surface area contributed by atoms with Crippen molar-refractivity contribution in [1.82, 2.24) is 0 Å². The van der Waals surface area contributed by atoms with E-state index in [0.717, 1.165) is 12.1 Å². The molecule has 0 aliphatic rings. The average Bonchev–Trinajstić information content (AvgIpc) is 2.62. The van der Waals surface area contributed by atoms with E-state index in [1.54, 1.807) is 24.3 Å². The molecule has 0 radical (unpaired) electrons. The van der Waals surface area contributed by atoms with Gasteiger partial charge in [0.15, 0.2) is 5.75 Å². The molecule has 3 N–H and O–H groups in total. The molecule has 0 fully saturated rings. The third-order valence-corrected chi connectivity index (χ3v) is 5.39. The van der Waals surface area contributed by atoms with Crippen LogP contribution in [0.2, 0.25) is 10.0 Å². The number of nitrogens with zero attached hydrogens (tertiary/aromatic N) is 2. The second-order valence-corrected chi connectivity index (χ2v) is 7.77. The quantitative estimate of drug-likeness (QED) is 0.375. The molecule has 0 saturated heterocycles. The van der Waals surface area contributed by atoms with Gasteiger partial charge in [-0.25, -0.2) is 4.79 Å². The van der Waals surface area contributed by atoms with Gasteiger partial charge in [0.25, 0.3) is 10.1 Å². The van der Waals surface area contributed by atoms with Gasteiger partial charge in [-0.15, -0.1) is 10.2 Å². The van der Waals surface area contributed by atoms with Crippen LogP contribution in [-0.4, -0.2) is 29.2 Å². The van der Waals surface area contributed by atoms with Crippen molar-refractivity contribution in [2.75, 3.05) is 0 Å². The molecule has 0 spiro atoms. The number of hydrogen-bond acceptors (Lipinski definition) is 6. The fourth-order valence-electron chi connectivity index (χ4n) is 2.46. The van der Waals surface area contributed by atoms with Gasteiger partial charge in [-0.05, 0) is 23.6 Å². The number of halogens is 2. The molecule has 0 aromatic heterocycles. The maximum atomic E-state index is 11.4. The van der Waals surface area contributed by atoms with Crippen LogP contribution in [0, 0.1) is 0 Å². The first kappa shape index (κ1) is 20.0. The number of benzene rings is 3. The Labute approximate surface area is 168 Å². The van der Waals surface area contributed by atoms with E-state index >= 15 is 0 Å². The van der Waals surface area contributed by atoms with E-state index in [1.165, 1.54) is 6.07 Å². The van der Waals surface area contributed by atoms with E-state index in [9.17, 15) is 28.0 Å². The van der Waals surface area contributed by atoms with Crippen LogP contribution in [-0.2, 0) is 10.1 Å². The molecule has 8 nitrogen and oxygen atoms in total. The molecule has 11 heteroatoms. The third-order valence-electron chi connectivity index (χ3n) is 3.76. The van der Waals surface area contributed by atoms with E-state index in [1.807, 2.05) is 0 Å². The van der Waals surface area contributed by atoms with Crippen molar-refractivity contribution in [2.45, 2.75) is 4.90 Å². The number of aromatic hydroxyl groups is 1. The summed E-state index contributed by atoms with van der Waals surface area (Å²) in [6, 6.07) is 9.72. The SMILES string of the molecule is O=C(O)c1cc2ccccc2c(N=Nc2cc(S(=O)(=O)O)cc(Cl)c2Cl)c1O. The van der Waals surface area contributed by atoms with Crippen LogP contribution < -0.4 is 0 Å². The van der Waals surface area contributed by atoms with E-state index in [-0.39, 0.29) is 27.0 Å². The molecular formula is C17H10Cl2N2O6S. The van der Waals surface area contributed by atoms with E-state index < -0.39 is 26.7 Å². The van der Waals surface area contributed by atoms with Crippen LogP contribution in [0.1, 0.15) is 10.4 Å². The van der Waals surface area contributed by atoms with Crippen molar-refractivity contribution in [1.29, 1.82) is 0 Å². The molecule has 0 saturated carbocycles. The second kappa shape index (κ2) is 7.36. The molecular weight excluding hydrogens is 431 g/mol. The van der Waals surface area contributed by atoms with Crippen molar-refractivity contribution in [3.63, 3.8) is 0 Å². The van der Waals surface area contributed by atoms with Crippen molar-refractivity contribution in [2.24, 2.45) is 10.2 Å². The maximum absolute atomic E-state index is 11.4. The summed E-state index contributed by atoms with van der Waals surface area (Å²) in [5.41, 5.74) is -0.741. The molecule has 0 unspecified atom stereocenters. The highest BCUT2D eigenvalue weighted by atomic mass is 35.5. The lowest BCUT2D eigenvalue weighted by Gasteiger charge is -2.08. The highest BCUT2D eigenvalue weighted by molar-refractivity contribution is 7.85. The van der Waals surface area contributed by atoms with Crippen molar-refractivity contribution >= 4 is 61.4 Å². The summed E-state index contributed by atoms with van der Waals surface area (Å²) in [6.45, 7) is 0. The number of carbonyl (C=O) groups is 1. The van der Waals surface area contributed by atoms with Gasteiger partial charge in [0.2, 0.25) is 0 Å². The fourth-order valence-corrected chi connectivity index (χ4v) is 3.41. The monoisotopic (exact) mass is 440 g/mol. The Morgan fingerprint density at radius 2 is 1.71 bits per heavy atom. The zero-order valence-electron chi connectivity index (χ0n) is 13.7. The van der Waals surface area contributed by atoms with Gasteiger partial charge in [0.1, 0.15) is 16.9 Å². The summed E-state index contributed by atoms with van der Waals surface area (Å²) >= 11 is 11.9. The summed E-state index contributed by atoms with van der Waals surface area (Å²) in [7, 11) is -4.58. The van der Waals surface area contributed by atoms with Crippen molar-refractivity contribution < 1.29 is 28.0 Å². The van der Waals surface area contributed by atoms with Crippen molar-refractivity contribution in [3.05, 3.63) is 58.1 Å². The van der Waals surface area contributed by atoms with Crippen molar-refractivity contribution in [3.8, 4) is 5.75 Å². The number of fused-ring (bicyclic) bond motifs is 1. The fraction of sp³-hybridized carbons (Fsp3) is 0. The summed E-state index contributed by atoms with van der Waals surface area (Å²) in [5.74, 6) is -1.99. The molecule has 3 aromatic rings. The predicted molar refractivity (Wildman–Crippen MR) is 103 cm³/mol. The summed E-state index contributed by atoms with van der Waals surface area (Å²) in [6.07, 6.45) is 0. The molecule has 144 valence electrons. The molecule has 0 amide bonds. The predicted octanol–water partition coefficient (Wildman–Crippen LogP) is 5.21. The topological polar surface area (TPSA) is 137 Å². The number of hydrogen-bond donors (Lipinski definition) is 3. The number of carboxylic acid groups (broad SMARTS) is 1. The minimum atomic E-state index is -4.58. The molecule has 0 bridgehead atoms. The van der Waals surface area contributed by atoms with Gasteiger partial charge in [-0.3, -0.25) is 4.55 Å². The third kappa shape index (κ3) is 3.78. The Morgan fingerprint density at radius 3 is 2.36 bits per heavy atom. The Hall–Kier alpha value is -2.72. The zero-order valence-corrected chi connectivity index (χ0v) is 16.0. The van der Waals surface area contributed by atoms with Crippen LogP contribution in [0.5, 0.6) is 5.75 Å². The van der Waals surface area contributed by atoms with Gasteiger partial charge in [-0.1, -0.05) is 47.5 Å².